The van der Waals surface area contributed by atoms with Crippen LogP contribution in [0.4, 0.5) is 5.82 Å². The molecule has 2 aromatic heterocycles. The lowest BCUT2D eigenvalue weighted by atomic mass is 10.3. The van der Waals surface area contributed by atoms with Crippen molar-refractivity contribution < 1.29 is 0 Å². The van der Waals surface area contributed by atoms with Crippen molar-refractivity contribution in [2.24, 2.45) is 0 Å². The van der Waals surface area contributed by atoms with E-state index in [9.17, 15) is 0 Å². The van der Waals surface area contributed by atoms with E-state index in [0.29, 0.717) is 17.4 Å². The van der Waals surface area contributed by atoms with Crippen LogP contribution < -0.4 is 5.73 Å². The van der Waals surface area contributed by atoms with Gasteiger partial charge in [0.2, 0.25) is 0 Å². The second kappa shape index (κ2) is 4.27. The Kier molecular flexibility index (Phi) is 2.82. The molecule has 0 aliphatic rings. The van der Waals surface area contributed by atoms with E-state index < -0.39 is 0 Å². The molecule has 0 fully saturated rings. The maximum Gasteiger partial charge on any atom is 0.164 e. The van der Waals surface area contributed by atoms with Crippen LogP contribution in [0.25, 0.3) is 0 Å². The molecule has 0 amide bonds. The summed E-state index contributed by atoms with van der Waals surface area (Å²) in [4.78, 5) is 8.13. The number of nitrogens with two attached hydrogens (primary N) is 1. The summed E-state index contributed by atoms with van der Waals surface area (Å²) in [7, 11) is 0. The number of halogens is 1. The Morgan fingerprint density at radius 1 is 1.40 bits per heavy atom. The third kappa shape index (κ3) is 2.44. The molecule has 0 bridgehead atoms. The number of hydrogen-bond acceptors (Lipinski definition) is 4. The highest BCUT2D eigenvalue weighted by atomic mass is 35.5. The van der Waals surface area contributed by atoms with Gasteiger partial charge in [0.25, 0.3) is 0 Å². The highest BCUT2D eigenvalue weighted by Crippen LogP contribution is 2.15. The van der Waals surface area contributed by atoms with E-state index in [4.69, 9.17) is 17.3 Å². The molecule has 0 unspecified atom stereocenters. The van der Waals surface area contributed by atoms with Crippen molar-refractivity contribution in [3.05, 3.63) is 35.5 Å². The van der Waals surface area contributed by atoms with Gasteiger partial charge in [-0.3, -0.25) is 14.6 Å². The molecule has 0 saturated carbocycles. The zero-order valence-corrected chi connectivity index (χ0v) is 8.72. The van der Waals surface area contributed by atoms with Crippen LogP contribution in [0.3, 0.4) is 0 Å². The molecule has 78 valence electrons. The maximum atomic E-state index is 5.77. The van der Waals surface area contributed by atoms with Crippen molar-refractivity contribution in [1.82, 2.24) is 19.7 Å². The lowest BCUT2D eigenvalue weighted by molar-refractivity contribution is 0.609. The number of anilines is 1. The van der Waals surface area contributed by atoms with Crippen LogP contribution in [0.15, 0.2) is 24.8 Å². The minimum absolute atomic E-state index is 0.357. The van der Waals surface area contributed by atoms with Crippen LogP contribution in [-0.4, -0.2) is 19.7 Å². The van der Waals surface area contributed by atoms with Gasteiger partial charge in [0, 0.05) is 37.8 Å². The van der Waals surface area contributed by atoms with Crippen molar-refractivity contribution in [3.63, 3.8) is 0 Å². The van der Waals surface area contributed by atoms with Gasteiger partial charge in [-0.25, -0.2) is 0 Å². The van der Waals surface area contributed by atoms with E-state index in [1.54, 1.807) is 29.5 Å². The van der Waals surface area contributed by atoms with Crippen molar-refractivity contribution in [2.75, 3.05) is 5.73 Å². The van der Waals surface area contributed by atoms with Gasteiger partial charge in [0.15, 0.2) is 5.82 Å². The predicted octanol–water partition coefficient (Wildman–Crippen LogP) is 1.15. The molecule has 15 heavy (non-hydrogen) atoms. The largest absolute Gasteiger partial charge is 0.381 e. The van der Waals surface area contributed by atoms with Gasteiger partial charge in [-0.15, -0.1) is 0 Å². The highest BCUT2D eigenvalue weighted by Gasteiger charge is 2.02. The van der Waals surface area contributed by atoms with Crippen LogP contribution in [-0.2, 0) is 13.0 Å². The fourth-order valence-corrected chi connectivity index (χ4v) is 1.37. The van der Waals surface area contributed by atoms with Crippen LogP contribution >= 0.6 is 11.6 Å². The zero-order valence-electron chi connectivity index (χ0n) is 7.97. The predicted molar refractivity (Wildman–Crippen MR) is 57.4 cm³/mol. The van der Waals surface area contributed by atoms with Gasteiger partial charge < -0.3 is 5.73 Å². The summed E-state index contributed by atoms with van der Waals surface area (Å²) in [6.07, 6.45) is 7.50. The second-order valence-electron chi connectivity index (χ2n) is 3.07. The summed E-state index contributed by atoms with van der Waals surface area (Å²) in [6.45, 7) is 0.690. The Bertz CT molecular complexity index is 420. The van der Waals surface area contributed by atoms with Crippen molar-refractivity contribution >= 4 is 17.4 Å². The van der Waals surface area contributed by atoms with Gasteiger partial charge >= 0.3 is 0 Å². The lowest BCUT2D eigenvalue weighted by Crippen LogP contribution is -2.03. The first-order chi connectivity index (χ1) is 7.25. The van der Waals surface area contributed by atoms with E-state index >= 15 is 0 Å². The maximum absolute atomic E-state index is 5.77. The summed E-state index contributed by atoms with van der Waals surface area (Å²) < 4.78 is 1.70. The molecule has 0 saturated heterocycles. The molecule has 0 aromatic carbocycles. The zero-order chi connectivity index (χ0) is 10.7. The molecular formula is C9H10ClN5. The van der Waals surface area contributed by atoms with E-state index in [0.717, 1.165) is 12.1 Å². The van der Waals surface area contributed by atoms with Gasteiger partial charge in [-0.1, -0.05) is 11.6 Å². The van der Waals surface area contributed by atoms with Crippen LogP contribution in [0.1, 0.15) is 5.69 Å². The second-order valence-corrected chi connectivity index (χ2v) is 3.48. The average Bonchev–Trinajstić information content (AvgIpc) is 2.57. The first-order valence-electron chi connectivity index (χ1n) is 4.49. The number of nitrogen functional groups attached to an aromatic ring is 1. The monoisotopic (exact) mass is 223 g/mol. The summed E-state index contributed by atoms with van der Waals surface area (Å²) in [5.74, 6) is 0.357. The van der Waals surface area contributed by atoms with Crippen LogP contribution in [0.5, 0.6) is 0 Å². The molecular weight excluding hydrogens is 214 g/mol. The number of hydrogen-bond donors (Lipinski definition) is 1. The van der Waals surface area contributed by atoms with Crippen molar-refractivity contribution in [2.45, 2.75) is 13.0 Å². The first kappa shape index (κ1) is 9.92. The molecule has 6 heteroatoms. The van der Waals surface area contributed by atoms with Gasteiger partial charge in [-0.2, -0.15) is 5.10 Å². The standard InChI is InChI=1S/C9H10ClN5/c10-8-6-15(14-9(8)11)4-1-7-5-12-2-3-13-7/h2-3,5-6H,1,4H2,(H2,11,14). The quantitative estimate of drug-likeness (QED) is 0.848. The Morgan fingerprint density at radius 3 is 2.87 bits per heavy atom. The van der Waals surface area contributed by atoms with Crippen LogP contribution in [0.2, 0.25) is 5.02 Å². The number of nitrogens with zero attached hydrogens (tertiary/aromatic N) is 4. The van der Waals surface area contributed by atoms with Gasteiger partial charge in [0.05, 0.1) is 5.69 Å². The Labute approximate surface area is 91.9 Å². The fourth-order valence-electron chi connectivity index (χ4n) is 1.21. The smallest absolute Gasteiger partial charge is 0.164 e. The van der Waals surface area contributed by atoms with E-state index in [2.05, 4.69) is 15.1 Å². The Balaban J connectivity index is 1.99. The SMILES string of the molecule is Nc1nn(CCc2cnccn2)cc1Cl. The minimum atomic E-state index is 0.357. The molecule has 5 nitrogen and oxygen atoms in total. The van der Waals surface area contributed by atoms with Crippen molar-refractivity contribution in [3.8, 4) is 0 Å². The molecule has 2 rings (SSSR count). The molecule has 2 N–H and O–H groups in total. The van der Waals surface area contributed by atoms with Gasteiger partial charge in [0.1, 0.15) is 5.02 Å². The minimum Gasteiger partial charge on any atom is -0.381 e. The molecule has 2 aromatic rings. The van der Waals surface area contributed by atoms with E-state index in [1.807, 2.05) is 0 Å². The molecule has 0 aliphatic carbocycles. The summed E-state index contributed by atoms with van der Waals surface area (Å²) in [5, 5.41) is 4.52. The highest BCUT2D eigenvalue weighted by molar-refractivity contribution is 6.32. The Morgan fingerprint density at radius 2 is 2.27 bits per heavy atom. The third-order valence-electron chi connectivity index (χ3n) is 1.96. The summed E-state index contributed by atoms with van der Waals surface area (Å²) >= 11 is 5.77. The van der Waals surface area contributed by atoms with Gasteiger partial charge in [-0.05, 0) is 0 Å². The molecule has 0 radical (unpaired) electrons. The summed E-state index contributed by atoms with van der Waals surface area (Å²) in [5.41, 5.74) is 6.44. The molecule has 0 spiro atoms. The van der Waals surface area contributed by atoms with Crippen molar-refractivity contribution in [1.29, 1.82) is 0 Å². The first-order valence-corrected chi connectivity index (χ1v) is 4.87. The van der Waals surface area contributed by atoms with E-state index in [-0.39, 0.29) is 0 Å². The normalized spacial score (nSPS) is 10.5. The average molecular weight is 224 g/mol. The number of aromatic nitrogens is 4. The topological polar surface area (TPSA) is 69.6 Å². The lowest BCUT2D eigenvalue weighted by Gasteiger charge is -1.99. The fraction of sp³-hybridized carbons (Fsp3) is 0.222. The Hall–Kier alpha value is -1.62. The molecule has 2 heterocycles. The van der Waals surface area contributed by atoms with E-state index in [1.165, 1.54) is 0 Å². The van der Waals surface area contributed by atoms with Crippen LogP contribution in [0, 0.1) is 0 Å². The third-order valence-corrected chi connectivity index (χ3v) is 2.25. The number of rotatable bonds is 3. The molecule has 0 aliphatic heterocycles. The number of aryl methyl sites for hydroxylation is 2. The summed E-state index contributed by atoms with van der Waals surface area (Å²) in [6, 6.07) is 0. The molecule has 0 atom stereocenters.